The van der Waals surface area contributed by atoms with Crippen LogP contribution in [0.15, 0.2) is 17.0 Å². The summed E-state index contributed by atoms with van der Waals surface area (Å²) in [6.45, 7) is 4.06. The second-order valence-corrected chi connectivity index (χ2v) is 6.36. The van der Waals surface area contributed by atoms with Crippen LogP contribution in [0, 0.1) is 19.8 Å². The summed E-state index contributed by atoms with van der Waals surface area (Å²) in [5.74, 6) is 1.55. The molecule has 0 unspecified atom stereocenters. The van der Waals surface area contributed by atoms with E-state index in [1.54, 1.807) is 19.5 Å². The molecule has 0 radical (unpaired) electrons. The zero-order valence-corrected chi connectivity index (χ0v) is 13.6. The van der Waals surface area contributed by atoms with Gasteiger partial charge in [-0.2, -0.15) is 0 Å². The van der Waals surface area contributed by atoms with Crippen LogP contribution in [0.25, 0.3) is 0 Å². The van der Waals surface area contributed by atoms with Gasteiger partial charge in [0.2, 0.25) is 0 Å². The maximum atomic E-state index is 12.3. The predicted octanol–water partition coefficient (Wildman–Crippen LogP) is 1.31. The largest absolute Gasteiger partial charge is 0.469 e. The quantitative estimate of drug-likeness (QED) is 0.886. The van der Waals surface area contributed by atoms with E-state index in [9.17, 15) is 9.90 Å². The highest BCUT2D eigenvalue weighted by atomic mass is 16.3. The molecule has 0 saturated heterocycles. The first-order valence-electron chi connectivity index (χ1n) is 7.82. The summed E-state index contributed by atoms with van der Waals surface area (Å²) in [5, 5.41) is 21.2. The van der Waals surface area contributed by atoms with E-state index in [4.69, 9.17) is 4.42 Å². The number of aromatic nitrogens is 3. The molecule has 23 heavy (non-hydrogen) atoms. The molecule has 0 spiro atoms. The van der Waals surface area contributed by atoms with E-state index in [-0.39, 0.29) is 17.7 Å². The lowest BCUT2D eigenvalue weighted by Crippen LogP contribution is -2.32. The second-order valence-electron chi connectivity index (χ2n) is 6.36. The topological polar surface area (TPSA) is 93.2 Å². The Morgan fingerprint density at radius 1 is 1.48 bits per heavy atom. The average Bonchev–Trinajstić information content (AvgIpc) is 3.17. The predicted molar refractivity (Wildman–Crippen MR) is 83.0 cm³/mol. The number of aliphatic hydroxyl groups excluding tert-OH is 1. The minimum absolute atomic E-state index is 0.0214. The molecule has 1 amide bonds. The lowest BCUT2D eigenvalue weighted by Gasteiger charge is -2.15. The third kappa shape index (κ3) is 3.01. The lowest BCUT2D eigenvalue weighted by atomic mass is 10.0. The molecule has 1 aliphatic carbocycles. The van der Waals surface area contributed by atoms with Gasteiger partial charge in [-0.15, -0.1) is 10.2 Å². The molecule has 3 rings (SSSR count). The molecule has 2 N–H and O–H groups in total. The maximum Gasteiger partial charge on any atom is 0.255 e. The molecule has 7 nitrogen and oxygen atoms in total. The van der Waals surface area contributed by atoms with E-state index in [0.717, 1.165) is 17.8 Å². The van der Waals surface area contributed by atoms with Crippen molar-refractivity contribution in [2.45, 2.75) is 38.7 Å². The monoisotopic (exact) mass is 318 g/mol. The van der Waals surface area contributed by atoms with Crippen LogP contribution in [0.4, 0.5) is 0 Å². The summed E-state index contributed by atoms with van der Waals surface area (Å²) >= 11 is 0. The fourth-order valence-electron chi connectivity index (χ4n) is 3.42. The molecule has 1 aliphatic rings. The van der Waals surface area contributed by atoms with E-state index in [2.05, 4.69) is 15.5 Å². The van der Waals surface area contributed by atoms with Crippen molar-refractivity contribution in [2.24, 2.45) is 13.0 Å². The highest BCUT2D eigenvalue weighted by Crippen LogP contribution is 2.37. The van der Waals surface area contributed by atoms with Crippen LogP contribution in [-0.4, -0.2) is 38.4 Å². The van der Waals surface area contributed by atoms with Crippen LogP contribution < -0.4 is 5.32 Å². The number of amides is 1. The van der Waals surface area contributed by atoms with Crippen molar-refractivity contribution in [1.29, 1.82) is 0 Å². The summed E-state index contributed by atoms with van der Waals surface area (Å²) in [6, 6.07) is 0. The van der Waals surface area contributed by atoms with E-state index >= 15 is 0 Å². The summed E-state index contributed by atoms with van der Waals surface area (Å²) < 4.78 is 7.15. The van der Waals surface area contributed by atoms with Crippen molar-refractivity contribution in [2.75, 3.05) is 6.54 Å². The van der Waals surface area contributed by atoms with Crippen LogP contribution in [0.5, 0.6) is 0 Å². The summed E-state index contributed by atoms with van der Waals surface area (Å²) in [4.78, 5) is 12.3. The molecule has 3 atom stereocenters. The van der Waals surface area contributed by atoms with Crippen LogP contribution in [0.3, 0.4) is 0 Å². The Bertz CT molecular complexity index is 686. The highest BCUT2D eigenvalue weighted by Gasteiger charge is 2.36. The molecule has 7 heteroatoms. The van der Waals surface area contributed by atoms with Gasteiger partial charge in [0.25, 0.3) is 5.91 Å². The number of aryl methyl sites for hydroxylation is 3. The minimum Gasteiger partial charge on any atom is -0.469 e. The van der Waals surface area contributed by atoms with Crippen LogP contribution in [-0.2, 0) is 7.05 Å². The number of furan rings is 1. The van der Waals surface area contributed by atoms with Gasteiger partial charge in [-0.05, 0) is 26.7 Å². The first-order valence-corrected chi connectivity index (χ1v) is 7.82. The average molecular weight is 318 g/mol. The molecule has 124 valence electrons. The number of hydrogen-bond acceptors (Lipinski definition) is 5. The fraction of sp³-hybridized carbons (Fsp3) is 0.562. The zero-order chi connectivity index (χ0) is 16.6. The smallest absolute Gasteiger partial charge is 0.255 e. The Hall–Kier alpha value is -2.15. The van der Waals surface area contributed by atoms with Crippen LogP contribution in [0.2, 0.25) is 0 Å². The Kier molecular flexibility index (Phi) is 4.21. The fourth-order valence-corrected chi connectivity index (χ4v) is 3.42. The third-order valence-electron chi connectivity index (χ3n) is 4.68. The van der Waals surface area contributed by atoms with Gasteiger partial charge in [-0.3, -0.25) is 4.79 Å². The van der Waals surface area contributed by atoms with Crippen molar-refractivity contribution in [3.63, 3.8) is 0 Å². The Morgan fingerprint density at radius 2 is 2.26 bits per heavy atom. The lowest BCUT2D eigenvalue weighted by molar-refractivity contribution is 0.0915. The summed E-state index contributed by atoms with van der Waals surface area (Å²) in [5.41, 5.74) is 1.41. The third-order valence-corrected chi connectivity index (χ3v) is 4.68. The number of carbonyl (C=O) groups excluding carboxylic acids is 1. The molecule has 2 heterocycles. The summed E-state index contributed by atoms with van der Waals surface area (Å²) in [7, 11) is 1.90. The molecule has 0 bridgehead atoms. The van der Waals surface area contributed by atoms with Crippen molar-refractivity contribution in [3.05, 3.63) is 35.3 Å². The van der Waals surface area contributed by atoms with E-state index < -0.39 is 6.10 Å². The number of rotatable bonds is 4. The molecule has 1 saturated carbocycles. The molecule has 0 aliphatic heterocycles. The molecule has 2 aromatic rings. The van der Waals surface area contributed by atoms with Gasteiger partial charge in [0.15, 0.2) is 0 Å². The van der Waals surface area contributed by atoms with E-state index in [1.807, 2.05) is 18.5 Å². The van der Waals surface area contributed by atoms with E-state index in [0.29, 0.717) is 24.3 Å². The van der Waals surface area contributed by atoms with Gasteiger partial charge in [-0.1, -0.05) is 0 Å². The number of aliphatic hydroxyl groups is 1. The molecular formula is C16H22N4O3. The van der Waals surface area contributed by atoms with Gasteiger partial charge in [-0.25, -0.2) is 0 Å². The molecular weight excluding hydrogens is 296 g/mol. The number of carbonyl (C=O) groups is 1. The standard InChI is InChI=1S/C16H22N4O3/c1-9-7-23-10(2)14(9)16(22)17-6-12-4-11(5-13(12)21)15-19-18-8-20(15)3/h7-8,11-13,21H,4-6H2,1-3H3,(H,17,22)/t11-,12+,13+/m0/s1. The van der Waals surface area contributed by atoms with Crippen molar-refractivity contribution in [1.82, 2.24) is 20.1 Å². The maximum absolute atomic E-state index is 12.3. The first-order chi connectivity index (χ1) is 11.0. The van der Waals surface area contributed by atoms with Gasteiger partial charge in [0.1, 0.15) is 17.9 Å². The van der Waals surface area contributed by atoms with Crippen molar-refractivity contribution < 1.29 is 14.3 Å². The Balaban J connectivity index is 1.61. The van der Waals surface area contributed by atoms with Gasteiger partial charge in [0.05, 0.1) is 17.9 Å². The van der Waals surface area contributed by atoms with Gasteiger partial charge >= 0.3 is 0 Å². The first kappa shape index (κ1) is 15.7. The molecule has 0 aromatic carbocycles. The number of hydrogen-bond donors (Lipinski definition) is 2. The zero-order valence-electron chi connectivity index (χ0n) is 13.6. The second kappa shape index (κ2) is 6.16. The number of nitrogens with zero attached hydrogens (tertiary/aromatic N) is 3. The van der Waals surface area contributed by atoms with Crippen molar-refractivity contribution >= 4 is 5.91 Å². The Labute approximate surface area is 134 Å². The van der Waals surface area contributed by atoms with Crippen molar-refractivity contribution in [3.8, 4) is 0 Å². The SMILES string of the molecule is Cc1coc(C)c1C(=O)NC[C@H]1C[C@H](c2nncn2C)C[C@H]1O. The van der Waals surface area contributed by atoms with E-state index in [1.165, 1.54) is 0 Å². The molecule has 2 aromatic heterocycles. The van der Waals surface area contributed by atoms with Crippen LogP contribution >= 0.6 is 0 Å². The van der Waals surface area contributed by atoms with Gasteiger partial charge in [0, 0.05) is 31.0 Å². The van der Waals surface area contributed by atoms with Gasteiger partial charge < -0.3 is 19.4 Å². The molecule has 1 fully saturated rings. The highest BCUT2D eigenvalue weighted by molar-refractivity contribution is 5.96. The normalized spacial score (nSPS) is 24.1. The van der Waals surface area contributed by atoms with Crippen LogP contribution in [0.1, 0.15) is 46.3 Å². The minimum atomic E-state index is -0.441. The summed E-state index contributed by atoms with van der Waals surface area (Å²) in [6.07, 6.45) is 4.25. The Morgan fingerprint density at radius 3 is 2.87 bits per heavy atom. The number of nitrogens with one attached hydrogen (secondary N) is 1.